The molecule has 4 rings (SSSR count). The fraction of sp³-hybridized carbons (Fsp3) is 0.0833. The predicted molar refractivity (Wildman–Crippen MR) is 111 cm³/mol. The van der Waals surface area contributed by atoms with E-state index < -0.39 is 5.97 Å². The maximum Gasteiger partial charge on any atom is 0.315 e. The second kappa shape index (κ2) is 7.94. The molecule has 0 bridgehead atoms. The van der Waals surface area contributed by atoms with E-state index in [1.54, 1.807) is 49.4 Å². The van der Waals surface area contributed by atoms with Crippen LogP contribution in [0.4, 0.5) is 0 Å². The molecule has 5 heteroatoms. The van der Waals surface area contributed by atoms with Gasteiger partial charge in [0, 0.05) is 10.6 Å². The molecule has 3 aromatic carbocycles. The quantitative estimate of drug-likeness (QED) is 0.331. The van der Waals surface area contributed by atoms with Crippen LogP contribution in [0.2, 0.25) is 5.02 Å². The van der Waals surface area contributed by atoms with Crippen molar-refractivity contribution in [3.05, 3.63) is 99.8 Å². The lowest BCUT2D eigenvalue weighted by atomic mass is 10.1. The number of carbonyl (C=O) groups excluding carboxylic acids is 2. The van der Waals surface area contributed by atoms with Crippen molar-refractivity contribution in [3.8, 4) is 11.5 Å². The first-order valence-corrected chi connectivity index (χ1v) is 9.47. The van der Waals surface area contributed by atoms with E-state index in [1.807, 2.05) is 30.3 Å². The van der Waals surface area contributed by atoms with Crippen LogP contribution < -0.4 is 9.47 Å². The Morgan fingerprint density at radius 2 is 1.76 bits per heavy atom. The van der Waals surface area contributed by atoms with Crippen LogP contribution in [0.1, 0.15) is 27.0 Å². The minimum atomic E-state index is -0.403. The van der Waals surface area contributed by atoms with Crippen LogP contribution >= 0.6 is 11.6 Å². The highest BCUT2D eigenvalue weighted by Crippen LogP contribution is 2.39. The largest absolute Gasteiger partial charge is 0.452 e. The first kappa shape index (κ1) is 19.0. The monoisotopic (exact) mass is 404 g/mol. The van der Waals surface area contributed by atoms with Crippen molar-refractivity contribution >= 4 is 29.4 Å². The van der Waals surface area contributed by atoms with Gasteiger partial charge in [0.1, 0.15) is 11.5 Å². The highest BCUT2D eigenvalue weighted by Gasteiger charge is 2.30. The Morgan fingerprint density at radius 1 is 1.03 bits per heavy atom. The molecule has 144 valence electrons. The molecule has 0 radical (unpaired) electrons. The van der Waals surface area contributed by atoms with Crippen LogP contribution in [0.3, 0.4) is 0 Å². The van der Waals surface area contributed by atoms with E-state index in [4.69, 9.17) is 21.1 Å². The van der Waals surface area contributed by atoms with Crippen molar-refractivity contribution in [2.45, 2.75) is 13.3 Å². The molecular weight excluding hydrogens is 388 g/mol. The molecule has 1 aliphatic rings. The first-order valence-electron chi connectivity index (χ1n) is 9.09. The summed E-state index contributed by atoms with van der Waals surface area (Å²) in [5, 5.41) is 0.609. The molecule has 0 unspecified atom stereocenters. The summed E-state index contributed by atoms with van der Waals surface area (Å²) in [6, 6.07) is 19.7. The number of benzene rings is 3. The Balaban J connectivity index is 1.53. The summed E-state index contributed by atoms with van der Waals surface area (Å²) in [7, 11) is 0. The summed E-state index contributed by atoms with van der Waals surface area (Å²) in [5.74, 6) is 0.454. The zero-order chi connectivity index (χ0) is 20.4. The van der Waals surface area contributed by atoms with Gasteiger partial charge in [0.05, 0.1) is 12.0 Å². The third-order valence-electron chi connectivity index (χ3n) is 4.62. The second-order valence-electron chi connectivity index (χ2n) is 6.69. The molecule has 0 spiro atoms. The van der Waals surface area contributed by atoms with Gasteiger partial charge < -0.3 is 9.47 Å². The molecular formula is C24H17ClO4. The van der Waals surface area contributed by atoms with Crippen LogP contribution in [0.5, 0.6) is 11.5 Å². The van der Waals surface area contributed by atoms with Crippen LogP contribution in [-0.4, -0.2) is 11.8 Å². The van der Waals surface area contributed by atoms with Crippen LogP contribution in [0, 0.1) is 6.92 Å². The smallest absolute Gasteiger partial charge is 0.315 e. The number of ketones is 1. The molecule has 1 aliphatic heterocycles. The standard InChI is InChI=1S/C24H17ClO4/c1-15-20(28-22(26)14-17-7-9-18(25)10-8-17)12-11-19-23(27)21(29-24(15)19)13-16-5-3-2-4-6-16/h2-13H,14H2,1H3/b21-13-. The third kappa shape index (κ3) is 4.08. The van der Waals surface area contributed by atoms with Crippen molar-refractivity contribution in [1.82, 2.24) is 0 Å². The van der Waals surface area contributed by atoms with Gasteiger partial charge in [0.25, 0.3) is 0 Å². The topological polar surface area (TPSA) is 52.6 Å². The summed E-state index contributed by atoms with van der Waals surface area (Å²) in [4.78, 5) is 25.0. The van der Waals surface area contributed by atoms with Crippen molar-refractivity contribution in [3.63, 3.8) is 0 Å². The number of esters is 1. The highest BCUT2D eigenvalue weighted by molar-refractivity contribution is 6.30. The number of carbonyl (C=O) groups is 2. The maximum atomic E-state index is 12.6. The van der Waals surface area contributed by atoms with Gasteiger partial charge in [-0.05, 0) is 48.4 Å². The number of fused-ring (bicyclic) bond motifs is 1. The number of hydrogen-bond acceptors (Lipinski definition) is 4. The van der Waals surface area contributed by atoms with Gasteiger partial charge in [-0.1, -0.05) is 54.1 Å². The molecule has 0 saturated carbocycles. The SMILES string of the molecule is Cc1c(OC(=O)Cc2ccc(Cl)cc2)ccc2c1O/C(=C\c1ccccc1)C2=O. The van der Waals surface area contributed by atoms with E-state index in [2.05, 4.69) is 0 Å². The molecule has 29 heavy (non-hydrogen) atoms. The summed E-state index contributed by atoms with van der Waals surface area (Å²) in [5.41, 5.74) is 2.74. The Hall–Kier alpha value is -3.37. The number of hydrogen-bond donors (Lipinski definition) is 0. The van der Waals surface area contributed by atoms with Gasteiger partial charge in [-0.15, -0.1) is 0 Å². The maximum absolute atomic E-state index is 12.6. The van der Waals surface area contributed by atoms with E-state index in [0.717, 1.165) is 11.1 Å². The van der Waals surface area contributed by atoms with Crippen LogP contribution in [0.25, 0.3) is 6.08 Å². The van der Waals surface area contributed by atoms with Gasteiger partial charge in [-0.25, -0.2) is 0 Å². The summed E-state index contributed by atoms with van der Waals surface area (Å²) < 4.78 is 11.3. The minimum absolute atomic E-state index is 0.118. The number of rotatable bonds is 4. The molecule has 1 heterocycles. The number of allylic oxidation sites excluding steroid dienone is 1. The predicted octanol–water partition coefficient (Wildman–Crippen LogP) is 5.41. The first-order chi connectivity index (χ1) is 14.0. The lowest BCUT2D eigenvalue weighted by Gasteiger charge is -2.10. The molecule has 0 saturated heterocycles. The van der Waals surface area contributed by atoms with Crippen molar-refractivity contribution in [2.75, 3.05) is 0 Å². The van der Waals surface area contributed by atoms with Gasteiger partial charge in [0.15, 0.2) is 5.76 Å². The lowest BCUT2D eigenvalue weighted by molar-refractivity contribution is -0.133. The minimum Gasteiger partial charge on any atom is -0.452 e. The number of ether oxygens (including phenoxy) is 2. The normalized spacial score (nSPS) is 13.9. The van der Waals surface area contributed by atoms with E-state index in [-0.39, 0.29) is 18.0 Å². The number of Topliss-reactive ketones (excluding diaryl/α,β-unsaturated/α-hetero) is 1. The van der Waals surface area contributed by atoms with Gasteiger partial charge in [0.2, 0.25) is 5.78 Å². The summed E-state index contributed by atoms with van der Waals surface area (Å²) in [6.45, 7) is 1.77. The van der Waals surface area contributed by atoms with Gasteiger partial charge in [-0.3, -0.25) is 9.59 Å². The summed E-state index contributed by atoms with van der Waals surface area (Å²) in [6.07, 6.45) is 1.82. The van der Waals surface area contributed by atoms with Crippen LogP contribution in [0.15, 0.2) is 72.5 Å². The summed E-state index contributed by atoms with van der Waals surface area (Å²) >= 11 is 5.87. The lowest BCUT2D eigenvalue weighted by Crippen LogP contribution is -2.12. The van der Waals surface area contributed by atoms with Crippen molar-refractivity contribution in [2.24, 2.45) is 0 Å². The molecule has 0 fully saturated rings. The van der Waals surface area contributed by atoms with Gasteiger partial charge >= 0.3 is 5.97 Å². The van der Waals surface area contributed by atoms with Crippen molar-refractivity contribution < 1.29 is 19.1 Å². The Bertz CT molecular complexity index is 1120. The molecule has 0 aliphatic carbocycles. The fourth-order valence-corrected chi connectivity index (χ4v) is 3.23. The Kier molecular flexibility index (Phi) is 5.19. The van der Waals surface area contributed by atoms with Crippen LogP contribution in [-0.2, 0) is 11.2 Å². The third-order valence-corrected chi connectivity index (χ3v) is 4.87. The van der Waals surface area contributed by atoms with Crippen molar-refractivity contribution in [1.29, 1.82) is 0 Å². The van der Waals surface area contributed by atoms with E-state index in [9.17, 15) is 9.59 Å². The second-order valence-corrected chi connectivity index (χ2v) is 7.13. The fourth-order valence-electron chi connectivity index (χ4n) is 3.11. The molecule has 4 nitrogen and oxygen atoms in total. The molecule has 0 aromatic heterocycles. The average molecular weight is 405 g/mol. The van der Waals surface area contributed by atoms with Gasteiger partial charge in [-0.2, -0.15) is 0 Å². The highest BCUT2D eigenvalue weighted by atomic mass is 35.5. The zero-order valence-electron chi connectivity index (χ0n) is 15.6. The zero-order valence-corrected chi connectivity index (χ0v) is 16.4. The Labute approximate surface area is 173 Å². The molecule has 0 atom stereocenters. The van der Waals surface area contributed by atoms with E-state index >= 15 is 0 Å². The molecule has 0 amide bonds. The Morgan fingerprint density at radius 3 is 2.48 bits per heavy atom. The van der Waals surface area contributed by atoms with E-state index in [0.29, 0.717) is 27.6 Å². The number of halogens is 1. The average Bonchev–Trinajstić information content (AvgIpc) is 3.03. The molecule has 0 N–H and O–H groups in total. The van der Waals surface area contributed by atoms with E-state index in [1.165, 1.54) is 0 Å². The molecule has 3 aromatic rings.